The van der Waals surface area contributed by atoms with Gasteiger partial charge in [-0.1, -0.05) is 68.2 Å². The van der Waals surface area contributed by atoms with E-state index in [2.05, 4.69) is 34.0 Å². The Morgan fingerprint density at radius 1 is 1.06 bits per heavy atom. The van der Waals surface area contributed by atoms with Crippen LogP contribution in [-0.2, 0) is 30.5 Å². The van der Waals surface area contributed by atoms with Crippen LogP contribution in [-0.4, -0.2) is 25.1 Å². The molecule has 0 saturated heterocycles. The van der Waals surface area contributed by atoms with Gasteiger partial charge in [0.15, 0.2) is 5.78 Å². The van der Waals surface area contributed by atoms with Gasteiger partial charge in [-0.15, -0.1) is 0 Å². The molecule has 2 N–H and O–H groups in total. The second-order valence-corrected chi connectivity index (χ2v) is 11.6. The maximum Gasteiger partial charge on any atom is 0.217 e. The van der Waals surface area contributed by atoms with E-state index in [1.54, 1.807) is 16.7 Å². The number of carbonyl (C=O) groups excluding carboxylic acids is 1. The minimum absolute atomic E-state index is 0.0518. The van der Waals surface area contributed by atoms with Crippen LogP contribution in [0.25, 0.3) is 0 Å². The first-order valence-corrected chi connectivity index (χ1v) is 12.9. The largest absolute Gasteiger partial charge is 0.507 e. The summed E-state index contributed by atoms with van der Waals surface area (Å²) in [5, 5.41) is 21.0. The Labute approximate surface area is 213 Å². The zero-order valence-electron chi connectivity index (χ0n) is 22.1. The number of phenols is 1. The first-order chi connectivity index (χ1) is 15.8. The van der Waals surface area contributed by atoms with Crippen molar-refractivity contribution in [3.05, 3.63) is 46.3 Å². The van der Waals surface area contributed by atoms with E-state index in [4.69, 9.17) is 0 Å². The molecule has 0 fully saturated rings. The highest BCUT2D eigenvalue weighted by molar-refractivity contribution is 9.08. The lowest BCUT2D eigenvalue weighted by Gasteiger charge is -2.28. The summed E-state index contributed by atoms with van der Waals surface area (Å²) in [6.45, 7) is 17.2. The standard InChI is InChI=1S/C27H42BrN3O3/c1-9-18(10-2)11-12-30-15-20(17-32)31(25(30)29-28)16-23(33)19-13-21(26(3,4)5)24(34)22(14-19)27(6,7)8/h13-15,18,32,34H,9-12,16-17H2,1-8H3. The topological polar surface area (TPSA) is 79.8 Å². The number of phenolic OH excluding ortho intramolecular Hbond substituents is 1. The van der Waals surface area contributed by atoms with Gasteiger partial charge in [-0.2, -0.15) is 4.02 Å². The summed E-state index contributed by atoms with van der Waals surface area (Å²) in [4.78, 5) is 13.5. The quantitative estimate of drug-likeness (QED) is 0.386. The van der Waals surface area contributed by atoms with Crippen molar-refractivity contribution in [3.8, 4) is 5.75 Å². The molecule has 0 aliphatic carbocycles. The number of rotatable bonds is 9. The van der Waals surface area contributed by atoms with E-state index >= 15 is 0 Å². The van der Waals surface area contributed by atoms with Gasteiger partial charge in [0.25, 0.3) is 0 Å². The second-order valence-electron chi connectivity index (χ2n) is 11.3. The smallest absolute Gasteiger partial charge is 0.217 e. The van der Waals surface area contributed by atoms with Crippen molar-refractivity contribution >= 4 is 21.9 Å². The lowest BCUT2D eigenvalue weighted by molar-refractivity contribution is 0.0967. The van der Waals surface area contributed by atoms with Crippen LogP contribution >= 0.6 is 16.1 Å². The van der Waals surface area contributed by atoms with Gasteiger partial charge in [0, 0.05) is 29.4 Å². The van der Waals surface area contributed by atoms with Crippen LogP contribution in [0.2, 0.25) is 0 Å². The number of ketones is 1. The van der Waals surface area contributed by atoms with Crippen molar-refractivity contribution in [2.45, 2.75) is 105 Å². The summed E-state index contributed by atoms with van der Waals surface area (Å²) < 4.78 is 8.05. The molecule has 2 aromatic rings. The van der Waals surface area contributed by atoms with Gasteiger partial charge in [-0.25, -0.2) is 0 Å². The molecular weight excluding hydrogens is 494 g/mol. The molecule has 190 valence electrons. The number of aromatic hydroxyl groups is 1. The van der Waals surface area contributed by atoms with Crippen LogP contribution < -0.4 is 5.62 Å². The lowest BCUT2D eigenvalue weighted by atomic mass is 9.78. The normalized spacial score (nSPS) is 13.2. The molecular formula is C27H42BrN3O3. The highest BCUT2D eigenvalue weighted by atomic mass is 79.9. The Bertz CT molecular complexity index is 1030. The molecule has 6 nitrogen and oxygen atoms in total. The Hall–Kier alpha value is -1.86. The average molecular weight is 537 g/mol. The molecule has 34 heavy (non-hydrogen) atoms. The molecule has 1 aromatic carbocycles. The van der Waals surface area contributed by atoms with Gasteiger partial charge in [0.1, 0.15) is 5.75 Å². The van der Waals surface area contributed by atoms with E-state index in [-0.39, 0.29) is 35.5 Å². The third kappa shape index (κ3) is 6.42. The van der Waals surface area contributed by atoms with Crippen LogP contribution in [0.4, 0.5) is 0 Å². The number of Topliss-reactive ketones (excluding diaryl/α,β-unsaturated/α-hetero) is 1. The van der Waals surface area contributed by atoms with Crippen molar-refractivity contribution in [2.75, 3.05) is 0 Å². The monoisotopic (exact) mass is 535 g/mol. The van der Waals surface area contributed by atoms with Crippen LogP contribution in [0.3, 0.4) is 0 Å². The maximum atomic E-state index is 13.5. The molecule has 0 unspecified atom stereocenters. The fourth-order valence-electron chi connectivity index (χ4n) is 4.34. The van der Waals surface area contributed by atoms with E-state index in [1.165, 1.54) is 0 Å². The summed E-state index contributed by atoms with van der Waals surface area (Å²) in [5.41, 5.74) is 2.66. The van der Waals surface area contributed by atoms with E-state index < -0.39 is 0 Å². The fraction of sp³-hybridized carbons (Fsp3) is 0.630. The van der Waals surface area contributed by atoms with Crippen molar-refractivity contribution < 1.29 is 15.0 Å². The number of carbonyl (C=O) groups is 1. The van der Waals surface area contributed by atoms with Gasteiger partial charge >= 0.3 is 0 Å². The molecule has 7 heteroatoms. The molecule has 1 heterocycles. The molecule has 0 amide bonds. The third-order valence-corrected chi connectivity index (χ3v) is 6.99. The zero-order chi connectivity index (χ0) is 25.8. The third-order valence-electron chi connectivity index (χ3n) is 6.67. The predicted molar refractivity (Wildman–Crippen MR) is 141 cm³/mol. The van der Waals surface area contributed by atoms with E-state index in [0.717, 1.165) is 36.9 Å². The van der Waals surface area contributed by atoms with Crippen LogP contribution in [0.1, 0.15) is 102 Å². The zero-order valence-corrected chi connectivity index (χ0v) is 23.7. The van der Waals surface area contributed by atoms with Gasteiger partial charge in [-0.3, -0.25) is 4.79 Å². The summed E-state index contributed by atoms with van der Waals surface area (Å²) in [6, 6.07) is 3.61. The minimum Gasteiger partial charge on any atom is -0.507 e. The maximum absolute atomic E-state index is 13.5. The summed E-state index contributed by atoms with van der Waals surface area (Å²) in [6.07, 6.45) is 5.14. The van der Waals surface area contributed by atoms with E-state index in [9.17, 15) is 15.0 Å². The van der Waals surface area contributed by atoms with Gasteiger partial charge in [0.05, 0.1) is 35.0 Å². The first-order valence-electron chi connectivity index (χ1n) is 12.2. The number of aryl methyl sites for hydroxylation is 1. The molecule has 0 spiro atoms. The second kappa shape index (κ2) is 11.3. The van der Waals surface area contributed by atoms with Crippen molar-refractivity contribution in [1.29, 1.82) is 0 Å². The van der Waals surface area contributed by atoms with Gasteiger partial charge < -0.3 is 19.3 Å². The molecule has 0 aliphatic rings. The summed E-state index contributed by atoms with van der Waals surface area (Å²) in [7, 11) is 0. The average Bonchev–Trinajstić information content (AvgIpc) is 3.09. The Balaban J connectivity index is 2.51. The van der Waals surface area contributed by atoms with Crippen LogP contribution in [0.15, 0.2) is 22.3 Å². The number of aliphatic hydroxyl groups is 1. The number of benzene rings is 1. The Morgan fingerprint density at radius 3 is 2.00 bits per heavy atom. The number of hydrogen-bond donors (Lipinski definition) is 2. The van der Waals surface area contributed by atoms with Crippen LogP contribution in [0.5, 0.6) is 5.75 Å². The molecule has 1 aromatic heterocycles. The fourth-order valence-corrected chi connectivity index (χ4v) is 4.74. The number of aliphatic hydroxyl groups excluding tert-OH is 1. The van der Waals surface area contributed by atoms with E-state index in [0.29, 0.717) is 22.8 Å². The van der Waals surface area contributed by atoms with Crippen molar-refractivity contribution in [1.82, 2.24) is 9.13 Å². The Morgan fingerprint density at radius 2 is 1.59 bits per heavy atom. The molecule has 0 saturated carbocycles. The number of halogens is 1. The summed E-state index contributed by atoms with van der Waals surface area (Å²) >= 11 is 3.23. The molecule has 0 atom stereocenters. The number of imidazole rings is 1. The molecule has 0 radical (unpaired) electrons. The van der Waals surface area contributed by atoms with Gasteiger partial charge in [-0.05, 0) is 35.3 Å². The van der Waals surface area contributed by atoms with Crippen molar-refractivity contribution in [2.24, 2.45) is 9.94 Å². The molecule has 0 aliphatic heterocycles. The highest BCUT2D eigenvalue weighted by Crippen LogP contribution is 2.39. The number of nitrogens with zero attached hydrogens (tertiary/aromatic N) is 3. The first kappa shape index (κ1) is 28.4. The summed E-state index contributed by atoms with van der Waals surface area (Å²) in [5.74, 6) is 0.789. The lowest BCUT2D eigenvalue weighted by Crippen LogP contribution is -2.29. The number of aromatic nitrogens is 2. The van der Waals surface area contributed by atoms with Gasteiger partial charge in [0.2, 0.25) is 5.62 Å². The number of hydrogen-bond acceptors (Lipinski definition) is 4. The van der Waals surface area contributed by atoms with Crippen molar-refractivity contribution in [3.63, 3.8) is 0 Å². The molecule has 2 rings (SSSR count). The van der Waals surface area contributed by atoms with E-state index in [1.807, 2.05) is 52.3 Å². The minimum atomic E-state index is -0.321. The SMILES string of the molecule is CCC(CC)CCn1cc(CO)n(CC(=O)c2cc(C(C)(C)C)c(O)c(C(C)(C)C)c2)c1=NBr. The van der Waals surface area contributed by atoms with Crippen LogP contribution in [0, 0.1) is 5.92 Å². The highest BCUT2D eigenvalue weighted by Gasteiger charge is 2.28. The Kier molecular flexibility index (Phi) is 9.39. The molecule has 0 bridgehead atoms. The predicted octanol–water partition coefficient (Wildman–Crippen LogP) is 6.00.